The van der Waals surface area contributed by atoms with Crippen LogP contribution in [-0.2, 0) is 4.79 Å². The molecule has 0 aliphatic carbocycles. The molecule has 2 nitrogen and oxygen atoms in total. The first-order valence-electron chi connectivity index (χ1n) is 7.10. The first-order valence-corrected chi connectivity index (χ1v) is 7.10. The van der Waals surface area contributed by atoms with E-state index in [2.05, 4.69) is 30.9 Å². The molecule has 0 aliphatic heterocycles. The zero-order valence-corrected chi connectivity index (χ0v) is 11.6. The number of rotatable bonds is 10. The maximum absolute atomic E-state index is 10.3. The predicted octanol–water partition coefficient (Wildman–Crippen LogP) is 4.55. The molecule has 0 aromatic heterocycles. The van der Waals surface area contributed by atoms with Gasteiger partial charge < -0.3 is 5.11 Å². The van der Waals surface area contributed by atoms with Crippen LogP contribution in [0.1, 0.15) is 71.1 Å². The molecule has 0 spiro atoms. The topological polar surface area (TPSA) is 37.3 Å². The highest BCUT2D eigenvalue weighted by Gasteiger charge is 1.94. The summed E-state index contributed by atoms with van der Waals surface area (Å²) in [6.45, 7) is 2.20. The lowest BCUT2D eigenvalue weighted by Crippen LogP contribution is -1.93. The van der Waals surface area contributed by atoms with Gasteiger partial charge >= 0.3 is 5.97 Å². The molecule has 18 heavy (non-hydrogen) atoms. The average Bonchev–Trinajstić information content (AvgIpc) is 2.34. The van der Waals surface area contributed by atoms with Crippen LogP contribution in [0, 0.1) is 11.8 Å². The van der Waals surface area contributed by atoms with Crippen LogP contribution in [0.25, 0.3) is 0 Å². The highest BCUT2D eigenvalue weighted by atomic mass is 16.4. The maximum Gasteiger partial charge on any atom is 0.303 e. The number of hydrogen-bond donors (Lipinski definition) is 1. The lowest BCUT2D eigenvalue weighted by Gasteiger charge is -1.94. The van der Waals surface area contributed by atoms with Crippen LogP contribution >= 0.6 is 0 Å². The van der Waals surface area contributed by atoms with Crippen LogP contribution in [0.5, 0.6) is 0 Å². The van der Waals surface area contributed by atoms with E-state index in [-0.39, 0.29) is 0 Å². The van der Waals surface area contributed by atoms with Crippen LogP contribution in [0.2, 0.25) is 0 Å². The van der Waals surface area contributed by atoms with Crippen LogP contribution in [0.15, 0.2) is 12.2 Å². The van der Waals surface area contributed by atoms with E-state index in [1.807, 2.05) is 0 Å². The standard InChI is InChI=1S/C16H26O2/c1-2-3-4-5-6-7-8-9-10-11-12-13-14-15-16(17)18/h9-10H,2-5,8,11-15H2,1H3,(H,17,18). The summed E-state index contributed by atoms with van der Waals surface area (Å²) in [5.41, 5.74) is 0. The third-order valence-corrected chi connectivity index (χ3v) is 2.68. The molecule has 0 amide bonds. The molecule has 0 fully saturated rings. The van der Waals surface area contributed by atoms with Crippen molar-refractivity contribution in [2.24, 2.45) is 0 Å². The van der Waals surface area contributed by atoms with Gasteiger partial charge in [-0.05, 0) is 25.7 Å². The van der Waals surface area contributed by atoms with Gasteiger partial charge in [0.25, 0.3) is 0 Å². The molecule has 2 heteroatoms. The minimum atomic E-state index is -0.691. The number of aliphatic carboxylic acids is 1. The quantitative estimate of drug-likeness (QED) is 0.351. The molecule has 0 atom stereocenters. The molecular weight excluding hydrogens is 224 g/mol. The zero-order chi connectivity index (χ0) is 13.5. The maximum atomic E-state index is 10.3. The number of carboxylic acids is 1. The summed E-state index contributed by atoms with van der Waals surface area (Å²) in [5, 5.41) is 8.46. The Morgan fingerprint density at radius 3 is 2.61 bits per heavy atom. The molecule has 1 N–H and O–H groups in total. The largest absolute Gasteiger partial charge is 0.481 e. The Morgan fingerprint density at radius 1 is 1.06 bits per heavy atom. The molecule has 0 aromatic rings. The fraction of sp³-hybridized carbons (Fsp3) is 0.688. The monoisotopic (exact) mass is 250 g/mol. The van der Waals surface area contributed by atoms with Gasteiger partial charge in [-0.2, -0.15) is 0 Å². The molecule has 0 radical (unpaired) electrons. The molecule has 0 aromatic carbocycles. The number of unbranched alkanes of at least 4 members (excludes halogenated alkanes) is 6. The lowest BCUT2D eigenvalue weighted by atomic mass is 10.1. The number of allylic oxidation sites excluding steroid dienone is 2. The molecule has 0 saturated carbocycles. The van der Waals surface area contributed by atoms with E-state index >= 15 is 0 Å². The van der Waals surface area contributed by atoms with Crippen molar-refractivity contribution in [2.45, 2.75) is 71.1 Å². The Hall–Kier alpha value is -1.23. The first-order chi connectivity index (χ1) is 8.77. The van der Waals surface area contributed by atoms with E-state index in [4.69, 9.17) is 5.11 Å². The van der Waals surface area contributed by atoms with Gasteiger partial charge in [-0.15, -0.1) is 5.92 Å². The predicted molar refractivity (Wildman–Crippen MR) is 76.4 cm³/mol. The van der Waals surface area contributed by atoms with Gasteiger partial charge in [-0.1, -0.05) is 44.3 Å². The summed E-state index contributed by atoms with van der Waals surface area (Å²) < 4.78 is 0. The van der Waals surface area contributed by atoms with Gasteiger partial charge in [0.2, 0.25) is 0 Å². The fourth-order valence-electron chi connectivity index (χ4n) is 1.60. The smallest absolute Gasteiger partial charge is 0.303 e. The van der Waals surface area contributed by atoms with Crippen molar-refractivity contribution in [1.29, 1.82) is 0 Å². The molecule has 0 unspecified atom stereocenters. The second-order valence-corrected chi connectivity index (χ2v) is 4.48. The SMILES string of the molecule is CCCCCC#CCC=CCCCCCC(=O)O. The molecule has 0 saturated heterocycles. The summed E-state index contributed by atoms with van der Waals surface area (Å²) in [6.07, 6.45) is 14.1. The van der Waals surface area contributed by atoms with Crippen molar-refractivity contribution in [3.63, 3.8) is 0 Å². The molecule has 102 valence electrons. The van der Waals surface area contributed by atoms with Gasteiger partial charge in [0.1, 0.15) is 0 Å². The van der Waals surface area contributed by atoms with Crippen LogP contribution in [-0.4, -0.2) is 11.1 Å². The van der Waals surface area contributed by atoms with E-state index in [1.165, 1.54) is 19.3 Å². The Balaban J connectivity index is 3.25. The Kier molecular flexibility index (Phi) is 12.9. The van der Waals surface area contributed by atoms with E-state index < -0.39 is 5.97 Å². The van der Waals surface area contributed by atoms with Gasteiger partial charge in [-0.25, -0.2) is 0 Å². The second-order valence-electron chi connectivity index (χ2n) is 4.48. The van der Waals surface area contributed by atoms with E-state index in [9.17, 15) is 4.79 Å². The highest BCUT2D eigenvalue weighted by Crippen LogP contribution is 2.03. The zero-order valence-electron chi connectivity index (χ0n) is 11.6. The summed E-state index contributed by atoms with van der Waals surface area (Å²) >= 11 is 0. The third-order valence-electron chi connectivity index (χ3n) is 2.68. The number of carboxylic acid groups (broad SMARTS) is 1. The van der Waals surface area contributed by atoms with Crippen molar-refractivity contribution in [1.82, 2.24) is 0 Å². The van der Waals surface area contributed by atoms with Crippen molar-refractivity contribution >= 4 is 5.97 Å². The summed E-state index contributed by atoms with van der Waals surface area (Å²) in [4.78, 5) is 10.3. The second kappa shape index (κ2) is 13.8. The Morgan fingerprint density at radius 2 is 1.89 bits per heavy atom. The molecule has 0 bridgehead atoms. The Bertz CT molecular complexity index is 281. The van der Waals surface area contributed by atoms with Gasteiger partial charge in [-0.3, -0.25) is 4.79 Å². The molecular formula is C16H26O2. The highest BCUT2D eigenvalue weighted by molar-refractivity contribution is 5.66. The average molecular weight is 250 g/mol. The van der Waals surface area contributed by atoms with E-state index in [0.717, 1.165) is 38.5 Å². The van der Waals surface area contributed by atoms with Crippen molar-refractivity contribution < 1.29 is 9.90 Å². The van der Waals surface area contributed by atoms with Crippen molar-refractivity contribution in [3.05, 3.63) is 12.2 Å². The van der Waals surface area contributed by atoms with Crippen LogP contribution in [0.3, 0.4) is 0 Å². The summed E-state index contributed by atoms with van der Waals surface area (Å²) in [5.74, 6) is 5.63. The van der Waals surface area contributed by atoms with E-state index in [1.54, 1.807) is 0 Å². The normalized spacial score (nSPS) is 10.3. The van der Waals surface area contributed by atoms with Crippen molar-refractivity contribution in [3.8, 4) is 11.8 Å². The molecule has 0 aliphatic rings. The van der Waals surface area contributed by atoms with Gasteiger partial charge in [0.15, 0.2) is 0 Å². The minimum Gasteiger partial charge on any atom is -0.481 e. The first kappa shape index (κ1) is 16.8. The lowest BCUT2D eigenvalue weighted by molar-refractivity contribution is -0.137. The fourth-order valence-corrected chi connectivity index (χ4v) is 1.60. The molecule has 0 heterocycles. The Labute approximate surface area is 111 Å². The number of hydrogen-bond acceptors (Lipinski definition) is 1. The van der Waals surface area contributed by atoms with E-state index in [0.29, 0.717) is 6.42 Å². The summed E-state index contributed by atoms with van der Waals surface area (Å²) in [7, 11) is 0. The third kappa shape index (κ3) is 14.8. The van der Waals surface area contributed by atoms with Crippen LogP contribution < -0.4 is 0 Å². The van der Waals surface area contributed by atoms with Gasteiger partial charge in [0.05, 0.1) is 0 Å². The summed E-state index contributed by atoms with van der Waals surface area (Å²) in [6, 6.07) is 0. The van der Waals surface area contributed by atoms with Gasteiger partial charge in [0, 0.05) is 19.3 Å². The number of carbonyl (C=O) groups is 1. The minimum absolute atomic E-state index is 0.299. The van der Waals surface area contributed by atoms with Crippen molar-refractivity contribution in [2.75, 3.05) is 0 Å². The van der Waals surface area contributed by atoms with Crippen LogP contribution in [0.4, 0.5) is 0 Å². The molecule has 0 rings (SSSR count).